The molecule has 5 nitrogen and oxygen atoms in total. The number of thiophene rings is 1. The number of carbonyl (C=O) groups is 1. The number of fused-ring (bicyclic) bond motifs is 1. The van der Waals surface area contributed by atoms with E-state index in [0.717, 1.165) is 35.9 Å². The molecule has 2 heterocycles. The normalized spacial score (nSPS) is 17.6. The van der Waals surface area contributed by atoms with E-state index in [4.69, 9.17) is 4.84 Å². The number of likely N-dealkylation sites (tertiary alicyclic amines) is 1. The Morgan fingerprint density at radius 3 is 2.50 bits per heavy atom. The first-order valence-electron chi connectivity index (χ1n) is 14.2. The van der Waals surface area contributed by atoms with Gasteiger partial charge in [-0.2, -0.15) is 0 Å². The monoisotopic (exact) mass is 532 g/mol. The molecule has 1 aliphatic carbocycles. The zero-order chi connectivity index (χ0) is 26.6. The van der Waals surface area contributed by atoms with Gasteiger partial charge in [0.15, 0.2) is 0 Å². The van der Waals surface area contributed by atoms with Crippen molar-refractivity contribution in [2.45, 2.75) is 84.8 Å². The smallest absolute Gasteiger partial charge is 0.309 e. The van der Waals surface area contributed by atoms with E-state index >= 15 is 0 Å². The predicted octanol–water partition coefficient (Wildman–Crippen LogP) is 7.53. The van der Waals surface area contributed by atoms with E-state index < -0.39 is 5.97 Å². The molecule has 1 N–H and O–H groups in total. The molecular weight excluding hydrogens is 492 g/mol. The number of aryl methyl sites for hydroxylation is 2. The van der Waals surface area contributed by atoms with Gasteiger partial charge in [0.25, 0.3) is 0 Å². The summed E-state index contributed by atoms with van der Waals surface area (Å²) in [6.45, 7) is 9.02. The van der Waals surface area contributed by atoms with Crippen LogP contribution in [0.25, 0.3) is 10.1 Å². The van der Waals surface area contributed by atoms with Gasteiger partial charge >= 0.3 is 5.97 Å². The highest BCUT2D eigenvalue weighted by atomic mass is 32.1. The minimum Gasteiger partial charge on any atom is -0.481 e. The molecule has 1 saturated carbocycles. The van der Waals surface area contributed by atoms with Crippen LogP contribution in [0.2, 0.25) is 0 Å². The van der Waals surface area contributed by atoms with E-state index in [1.54, 1.807) is 16.9 Å². The molecule has 2 fully saturated rings. The van der Waals surface area contributed by atoms with Crippen LogP contribution < -0.4 is 0 Å². The van der Waals surface area contributed by atoms with E-state index in [9.17, 15) is 9.90 Å². The lowest BCUT2D eigenvalue weighted by Gasteiger charge is -2.37. The number of rotatable bonds is 10. The fourth-order valence-corrected chi connectivity index (χ4v) is 7.09. The summed E-state index contributed by atoms with van der Waals surface area (Å²) in [5, 5.41) is 14.9. The molecule has 0 radical (unpaired) electrons. The van der Waals surface area contributed by atoms with Crippen molar-refractivity contribution >= 4 is 33.1 Å². The molecule has 1 aliphatic heterocycles. The highest BCUT2D eigenvalue weighted by Crippen LogP contribution is 2.35. The van der Waals surface area contributed by atoms with Crippen molar-refractivity contribution in [1.82, 2.24) is 4.90 Å². The second kappa shape index (κ2) is 12.0. The van der Waals surface area contributed by atoms with E-state index in [2.05, 4.69) is 60.3 Å². The fraction of sp³-hybridized carbons (Fsp3) is 0.500. The standard InChI is InChI=1S/C32H40N2O3S/c1-4-23-15-31-26(14-27(23)17-34-18-28(19-34)32(35)36)16-30(38-31)21(3)33-37-20-22-11-12-29(24(5-2)13-22)25-9-7-6-8-10-25/h11-16,25,28H,4-10,17-20H2,1-3H3,(H,35,36)/b33-21+. The van der Waals surface area contributed by atoms with E-state index in [1.165, 1.54) is 64.4 Å². The third-order valence-corrected chi connectivity index (χ3v) is 9.55. The van der Waals surface area contributed by atoms with Gasteiger partial charge in [-0.1, -0.05) is 56.5 Å². The number of nitrogens with zero attached hydrogens (tertiary/aromatic N) is 2. The summed E-state index contributed by atoms with van der Waals surface area (Å²) in [6.07, 6.45) is 8.77. The lowest BCUT2D eigenvalue weighted by molar-refractivity contribution is -0.147. The van der Waals surface area contributed by atoms with Gasteiger partial charge in [0, 0.05) is 24.3 Å². The SMILES string of the molecule is CCc1cc2sc(/C(C)=N/OCc3ccc(C4CCCCC4)c(CC)c3)cc2cc1CN1CC(C(=O)O)C1. The summed E-state index contributed by atoms with van der Waals surface area (Å²) in [7, 11) is 0. The molecule has 3 aromatic rings. The first-order valence-corrected chi connectivity index (χ1v) is 15.1. The van der Waals surface area contributed by atoms with Crippen LogP contribution in [0, 0.1) is 5.92 Å². The van der Waals surface area contributed by atoms with Crippen molar-refractivity contribution in [3.8, 4) is 0 Å². The van der Waals surface area contributed by atoms with E-state index in [-0.39, 0.29) is 5.92 Å². The van der Waals surface area contributed by atoms with Crippen LogP contribution in [0.1, 0.15) is 91.5 Å². The molecule has 2 aliphatic rings. The second-order valence-electron chi connectivity index (χ2n) is 11.0. The number of carboxylic acid groups (broad SMARTS) is 1. The zero-order valence-corrected chi connectivity index (χ0v) is 23.8. The van der Waals surface area contributed by atoms with Gasteiger partial charge in [-0.15, -0.1) is 11.3 Å². The maximum absolute atomic E-state index is 11.2. The van der Waals surface area contributed by atoms with Gasteiger partial charge in [-0.25, -0.2) is 0 Å². The van der Waals surface area contributed by atoms with Crippen LogP contribution >= 0.6 is 11.3 Å². The number of carboxylic acids is 1. The fourth-order valence-electron chi connectivity index (χ4n) is 6.04. The summed E-state index contributed by atoms with van der Waals surface area (Å²) in [4.78, 5) is 20.3. The topological polar surface area (TPSA) is 62.1 Å². The molecule has 2 aromatic carbocycles. The molecule has 1 saturated heterocycles. The highest BCUT2D eigenvalue weighted by Gasteiger charge is 2.32. The molecule has 38 heavy (non-hydrogen) atoms. The molecule has 0 unspecified atom stereocenters. The molecule has 1 aromatic heterocycles. The molecule has 5 rings (SSSR count). The number of benzene rings is 2. The first-order chi connectivity index (χ1) is 18.4. The van der Waals surface area contributed by atoms with Crippen LogP contribution in [-0.4, -0.2) is 34.8 Å². The summed E-state index contributed by atoms with van der Waals surface area (Å²) in [6, 6.07) is 13.6. The van der Waals surface area contributed by atoms with Crippen LogP contribution in [0.15, 0.2) is 41.6 Å². The maximum atomic E-state index is 11.2. The largest absolute Gasteiger partial charge is 0.481 e. The highest BCUT2D eigenvalue weighted by molar-refractivity contribution is 7.20. The number of oxime groups is 1. The Balaban J connectivity index is 1.24. The lowest BCUT2D eigenvalue weighted by Crippen LogP contribution is -2.49. The van der Waals surface area contributed by atoms with Gasteiger partial charge in [-0.05, 0) is 89.9 Å². The van der Waals surface area contributed by atoms with E-state index in [1.807, 2.05) is 6.92 Å². The summed E-state index contributed by atoms with van der Waals surface area (Å²) in [5.74, 6) is -0.184. The minimum atomic E-state index is -0.686. The third-order valence-electron chi connectivity index (χ3n) is 8.34. The number of hydrogen-bond acceptors (Lipinski definition) is 5. The van der Waals surface area contributed by atoms with Crippen LogP contribution in [0.4, 0.5) is 0 Å². The number of hydrogen-bond donors (Lipinski definition) is 1. The Kier molecular flexibility index (Phi) is 8.49. The quantitative estimate of drug-likeness (QED) is 0.217. The first kappa shape index (κ1) is 26.9. The van der Waals surface area contributed by atoms with Gasteiger partial charge in [0.2, 0.25) is 0 Å². The van der Waals surface area contributed by atoms with Gasteiger partial charge in [0.05, 0.1) is 16.5 Å². The Hall–Kier alpha value is -2.70. The summed E-state index contributed by atoms with van der Waals surface area (Å²) < 4.78 is 1.26. The third kappa shape index (κ3) is 5.97. The van der Waals surface area contributed by atoms with Crippen molar-refractivity contribution in [3.05, 3.63) is 69.1 Å². The predicted molar refractivity (Wildman–Crippen MR) is 156 cm³/mol. The van der Waals surface area contributed by atoms with Gasteiger partial charge in [-0.3, -0.25) is 9.69 Å². The van der Waals surface area contributed by atoms with Crippen LogP contribution in [0.5, 0.6) is 0 Å². The summed E-state index contributed by atoms with van der Waals surface area (Å²) in [5.41, 5.74) is 7.71. The van der Waals surface area contributed by atoms with E-state index in [0.29, 0.717) is 19.7 Å². The maximum Gasteiger partial charge on any atom is 0.309 e. The Morgan fingerprint density at radius 1 is 1.03 bits per heavy atom. The van der Waals surface area contributed by atoms with Gasteiger partial charge in [0.1, 0.15) is 6.61 Å². The Labute approximate surface area is 230 Å². The van der Waals surface area contributed by atoms with Crippen molar-refractivity contribution in [1.29, 1.82) is 0 Å². The van der Waals surface area contributed by atoms with Crippen molar-refractivity contribution in [2.24, 2.45) is 11.1 Å². The molecule has 202 valence electrons. The average Bonchev–Trinajstić information content (AvgIpc) is 3.33. The molecule has 0 bridgehead atoms. The Bertz CT molecular complexity index is 1320. The molecule has 0 atom stereocenters. The molecule has 0 amide bonds. The average molecular weight is 533 g/mol. The summed E-state index contributed by atoms with van der Waals surface area (Å²) >= 11 is 1.75. The molecular formula is C32H40N2O3S. The van der Waals surface area contributed by atoms with Crippen molar-refractivity contribution < 1.29 is 14.7 Å². The minimum absolute atomic E-state index is 0.223. The van der Waals surface area contributed by atoms with Gasteiger partial charge < -0.3 is 9.94 Å². The second-order valence-corrected chi connectivity index (χ2v) is 12.1. The molecule has 6 heteroatoms. The van der Waals surface area contributed by atoms with Crippen LogP contribution in [-0.2, 0) is 35.6 Å². The Morgan fingerprint density at radius 2 is 1.79 bits per heavy atom. The molecule has 0 spiro atoms. The lowest BCUT2D eigenvalue weighted by atomic mass is 9.81. The number of aliphatic carboxylic acids is 1. The van der Waals surface area contributed by atoms with Crippen molar-refractivity contribution in [3.63, 3.8) is 0 Å². The van der Waals surface area contributed by atoms with Crippen molar-refractivity contribution in [2.75, 3.05) is 13.1 Å². The zero-order valence-electron chi connectivity index (χ0n) is 23.0. The van der Waals surface area contributed by atoms with Crippen LogP contribution in [0.3, 0.4) is 0 Å².